The lowest BCUT2D eigenvalue weighted by Crippen LogP contribution is -2.32. The maximum Gasteiger partial charge on any atom is 0.132 e. The molecular formula is C75H45NOS2. The van der Waals surface area contributed by atoms with Crippen LogP contribution in [0.25, 0.3) is 33.4 Å². The van der Waals surface area contributed by atoms with Crippen LogP contribution in [-0.2, 0) is 16.2 Å². The quantitative estimate of drug-likeness (QED) is 0.175. The van der Waals surface area contributed by atoms with E-state index in [1.807, 2.05) is 23.5 Å². The van der Waals surface area contributed by atoms with E-state index in [0.29, 0.717) is 0 Å². The van der Waals surface area contributed by atoms with Crippen LogP contribution < -0.4 is 9.64 Å². The van der Waals surface area contributed by atoms with E-state index in [1.165, 1.54) is 109 Å². The zero-order chi connectivity index (χ0) is 51.6. The molecule has 79 heavy (non-hydrogen) atoms. The van der Waals surface area contributed by atoms with Gasteiger partial charge < -0.3 is 9.64 Å². The van der Waals surface area contributed by atoms with Crippen LogP contribution >= 0.6 is 23.5 Å². The fraction of sp³-hybridized carbons (Fsp3) is 0.0400. The van der Waals surface area contributed by atoms with Crippen molar-refractivity contribution >= 4 is 40.6 Å². The summed E-state index contributed by atoms with van der Waals surface area (Å²) < 4.78 is 6.77. The van der Waals surface area contributed by atoms with Crippen molar-refractivity contribution in [3.8, 4) is 44.9 Å². The Bertz CT molecular complexity index is 4310. The van der Waals surface area contributed by atoms with Crippen molar-refractivity contribution in [2.24, 2.45) is 0 Å². The Hall–Kier alpha value is -9.06. The molecule has 368 valence electrons. The number of hydrogen-bond acceptors (Lipinski definition) is 4. The van der Waals surface area contributed by atoms with Crippen LogP contribution in [0.4, 0.5) is 17.1 Å². The number of ether oxygens (including phenoxy) is 1. The maximum absolute atomic E-state index is 6.77. The zero-order valence-corrected chi connectivity index (χ0v) is 44.3. The average molecular weight is 1040 g/mol. The van der Waals surface area contributed by atoms with Gasteiger partial charge in [0.2, 0.25) is 0 Å². The van der Waals surface area contributed by atoms with Gasteiger partial charge >= 0.3 is 0 Å². The van der Waals surface area contributed by atoms with Crippen LogP contribution in [0.15, 0.2) is 293 Å². The second kappa shape index (κ2) is 16.0. The smallest absolute Gasteiger partial charge is 0.132 e. The van der Waals surface area contributed by atoms with E-state index in [2.05, 4.69) is 278 Å². The van der Waals surface area contributed by atoms with Crippen molar-refractivity contribution in [1.82, 2.24) is 0 Å². The molecule has 0 aromatic heterocycles. The van der Waals surface area contributed by atoms with Crippen molar-refractivity contribution in [2.75, 3.05) is 4.90 Å². The minimum absolute atomic E-state index is 0.491. The molecule has 0 saturated carbocycles. The molecule has 12 aromatic carbocycles. The Morgan fingerprint density at radius 1 is 0.253 bits per heavy atom. The van der Waals surface area contributed by atoms with Crippen LogP contribution in [0.3, 0.4) is 0 Å². The van der Waals surface area contributed by atoms with Gasteiger partial charge in [-0.1, -0.05) is 230 Å². The van der Waals surface area contributed by atoms with Gasteiger partial charge in [-0.05, 0) is 150 Å². The highest BCUT2D eigenvalue weighted by Crippen LogP contribution is 2.67. The van der Waals surface area contributed by atoms with Gasteiger partial charge in [0.05, 0.1) is 21.9 Å². The Labute approximate surface area is 467 Å². The molecule has 2 nitrogen and oxygen atoms in total. The molecule has 0 saturated heterocycles. The molecule has 12 aromatic rings. The zero-order valence-electron chi connectivity index (χ0n) is 42.7. The van der Waals surface area contributed by atoms with Crippen molar-refractivity contribution in [3.05, 3.63) is 340 Å². The van der Waals surface area contributed by atoms with Crippen molar-refractivity contribution in [2.45, 2.75) is 35.8 Å². The van der Waals surface area contributed by atoms with E-state index >= 15 is 0 Å². The lowest BCUT2D eigenvalue weighted by Gasteiger charge is -2.40. The Kier molecular flexibility index (Phi) is 8.92. The molecule has 3 aliphatic heterocycles. The van der Waals surface area contributed by atoms with Crippen molar-refractivity contribution < 1.29 is 4.74 Å². The third-order valence-electron chi connectivity index (χ3n) is 18.3. The number of rotatable bonds is 3. The van der Waals surface area contributed by atoms with E-state index < -0.39 is 16.2 Å². The first kappa shape index (κ1) is 44.0. The average Bonchev–Trinajstić information content (AvgIpc) is 3.01. The maximum atomic E-state index is 6.77. The summed E-state index contributed by atoms with van der Waals surface area (Å²) >= 11 is 3.78. The molecule has 0 N–H and O–H groups in total. The first-order valence-corrected chi connectivity index (χ1v) is 28.9. The second-order valence-electron chi connectivity index (χ2n) is 21.7. The molecule has 0 unspecified atom stereocenters. The molecular weight excluding hydrogens is 995 g/mol. The number of hydrogen-bond donors (Lipinski definition) is 0. The predicted octanol–water partition coefficient (Wildman–Crippen LogP) is 19.3. The summed E-state index contributed by atoms with van der Waals surface area (Å²) in [5.74, 6) is 1.79. The summed E-state index contributed by atoms with van der Waals surface area (Å²) in [4.78, 5) is 7.79. The topological polar surface area (TPSA) is 12.5 Å². The van der Waals surface area contributed by atoms with Gasteiger partial charge in [0.25, 0.3) is 0 Å². The summed E-state index contributed by atoms with van der Waals surface area (Å²) in [6.45, 7) is 0. The highest BCUT2D eigenvalue weighted by molar-refractivity contribution is 7.99. The predicted molar refractivity (Wildman–Crippen MR) is 321 cm³/mol. The van der Waals surface area contributed by atoms with E-state index in [9.17, 15) is 0 Å². The summed E-state index contributed by atoms with van der Waals surface area (Å²) in [6, 6.07) is 103. The van der Waals surface area contributed by atoms with Crippen molar-refractivity contribution in [1.29, 1.82) is 0 Å². The molecule has 0 amide bonds. The van der Waals surface area contributed by atoms with Crippen molar-refractivity contribution in [3.63, 3.8) is 0 Å². The summed E-state index contributed by atoms with van der Waals surface area (Å²) in [5.41, 5.74) is 24.7. The Morgan fingerprint density at radius 3 is 1.05 bits per heavy atom. The monoisotopic (exact) mass is 1040 g/mol. The molecule has 3 spiro atoms. The summed E-state index contributed by atoms with van der Waals surface area (Å²) in [5, 5.41) is 0. The molecule has 0 radical (unpaired) electrons. The molecule has 3 heterocycles. The molecule has 6 aliphatic rings. The summed E-state index contributed by atoms with van der Waals surface area (Å²) in [6.07, 6.45) is 0. The van der Waals surface area contributed by atoms with Gasteiger partial charge in [0, 0.05) is 47.6 Å². The van der Waals surface area contributed by atoms with Crippen LogP contribution in [0, 0.1) is 0 Å². The molecule has 4 heteroatoms. The second-order valence-corrected chi connectivity index (χ2v) is 23.8. The van der Waals surface area contributed by atoms with Gasteiger partial charge in [0.15, 0.2) is 0 Å². The highest BCUT2D eigenvalue weighted by atomic mass is 32.2. The third-order valence-corrected chi connectivity index (χ3v) is 20.6. The normalized spacial score (nSPS) is 15.4. The van der Waals surface area contributed by atoms with Gasteiger partial charge in [-0.15, -0.1) is 0 Å². The highest BCUT2D eigenvalue weighted by Gasteiger charge is 2.54. The van der Waals surface area contributed by atoms with Gasteiger partial charge in [0.1, 0.15) is 11.5 Å². The largest absolute Gasteiger partial charge is 0.457 e. The molecule has 0 fully saturated rings. The summed E-state index contributed by atoms with van der Waals surface area (Å²) in [7, 11) is 0. The Balaban J connectivity index is 0.936. The standard InChI is InChI=1S/C75H45NOS2/c1-4-23-53-48(20-1)51-44-46(40-42-56(51)73(53)58-26-7-13-34-66(58)77-67-35-14-8-27-59(67)73)76(47-41-43-57-52(45-47)49-21-2-5-24-54(49)74(57)60-28-9-15-36-68(60)78-69-37-16-10-29-61(69)74)65-33-19-32-64-72(65)50-22-3-6-25-55(50)75(64)62-30-11-17-38-70(62)79-71-39-18-12-31-63(71)75/h1-45H. The van der Waals surface area contributed by atoms with Crippen LogP contribution in [0.2, 0.25) is 0 Å². The SMILES string of the molecule is c1ccc2c(c1)Oc1ccccc1C21c2ccccc2-c2cc(N(c3ccc4c(c3)-c3ccccc3C43c4ccccc4Sc4ccccc43)c3cccc4c3-c3ccccc3C43c4ccccc4Sc4ccccc43)ccc21. The van der Waals surface area contributed by atoms with Gasteiger partial charge in [-0.2, -0.15) is 0 Å². The lowest BCUT2D eigenvalue weighted by atomic mass is 9.66. The number of fused-ring (bicyclic) bond motifs is 27. The minimum atomic E-state index is -0.587. The fourth-order valence-electron chi connectivity index (χ4n) is 15.5. The minimum Gasteiger partial charge on any atom is -0.457 e. The van der Waals surface area contributed by atoms with E-state index in [0.717, 1.165) is 39.7 Å². The van der Waals surface area contributed by atoms with E-state index in [-0.39, 0.29) is 0 Å². The number of nitrogens with zero attached hydrogens (tertiary/aromatic N) is 1. The third kappa shape index (κ3) is 5.46. The molecule has 0 bridgehead atoms. The van der Waals surface area contributed by atoms with Gasteiger partial charge in [-0.3, -0.25) is 0 Å². The van der Waals surface area contributed by atoms with Crippen LogP contribution in [0.5, 0.6) is 11.5 Å². The first-order chi connectivity index (χ1) is 39.2. The molecule has 18 rings (SSSR count). The fourth-order valence-corrected chi connectivity index (χ4v) is 17.9. The number of benzene rings is 12. The lowest BCUT2D eigenvalue weighted by molar-refractivity contribution is 0.436. The van der Waals surface area contributed by atoms with Crippen LogP contribution in [-0.4, -0.2) is 0 Å². The van der Waals surface area contributed by atoms with Crippen LogP contribution in [0.1, 0.15) is 66.8 Å². The molecule has 0 atom stereocenters. The molecule has 3 aliphatic carbocycles. The number of anilines is 3. The Morgan fingerprint density at radius 2 is 0.582 bits per heavy atom. The van der Waals surface area contributed by atoms with Gasteiger partial charge in [-0.25, -0.2) is 0 Å². The van der Waals surface area contributed by atoms with E-state index in [4.69, 9.17) is 4.74 Å². The first-order valence-electron chi connectivity index (χ1n) is 27.3. The number of para-hydroxylation sites is 2. The van der Waals surface area contributed by atoms with E-state index in [1.54, 1.807) is 0 Å².